The van der Waals surface area contributed by atoms with E-state index in [4.69, 9.17) is 10.5 Å². The van der Waals surface area contributed by atoms with Gasteiger partial charge in [-0.1, -0.05) is 12.1 Å². The lowest BCUT2D eigenvalue weighted by molar-refractivity contribution is 0.0635. The lowest BCUT2D eigenvalue weighted by Crippen LogP contribution is -2.27. The minimum absolute atomic E-state index is 0.129. The number of halogens is 2. The second-order valence-corrected chi connectivity index (χ2v) is 5.88. The normalized spacial score (nSPS) is 13.1. The lowest BCUT2D eigenvalue weighted by atomic mass is 9.97. The number of hydrogen-bond donors (Lipinski definition) is 2. The van der Waals surface area contributed by atoms with Crippen molar-refractivity contribution in [3.63, 3.8) is 0 Å². The molecule has 4 nitrogen and oxygen atoms in total. The second-order valence-electron chi connectivity index (χ2n) is 5.88. The number of nitrogens with one attached hydrogen (secondary N) is 1. The molecule has 0 saturated heterocycles. The lowest BCUT2D eigenvalue weighted by Gasteiger charge is -2.21. The van der Waals surface area contributed by atoms with Crippen molar-refractivity contribution in [2.24, 2.45) is 5.73 Å². The van der Waals surface area contributed by atoms with Crippen LogP contribution in [0.25, 0.3) is 0 Å². The molecule has 1 rings (SSSR count). The summed E-state index contributed by atoms with van der Waals surface area (Å²) in [4.78, 5) is 11.7. The molecule has 0 saturated carbocycles. The molecular formula is C15H22F2N2O2. The molecule has 0 heterocycles. The van der Waals surface area contributed by atoms with Crippen molar-refractivity contribution in [3.8, 4) is 0 Å². The predicted octanol–water partition coefficient (Wildman–Crippen LogP) is 3.65. The minimum atomic E-state index is -2.51. The van der Waals surface area contributed by atoms with Gasteiger partial charge >= 0.3 is 6.09 Å². The third-order valence-electron chi connectivity index (χ3n) is 2.87. The van der Waals surface area contributed by atoms with Crippen molar-refractivity contribution in [2.45, 2.75) is 45.6 Å². The Balaban J connectivity index is 2.86. The first kappa shape index (κ1) is 17.4. The number of amides is 1. The Morgan fingerprint density at radius 3 is 2.43 bits per heavy atom. The quantitative estimate of drug-likeness (QED) is 0.892. The summed E-state index contributed by atoms with van der Waals surface area (Å²) in [5.74, 6) is -1.00. The molecule has 0 aromatic heterocycles. The Morgan fingerprint density at radius 2 is 2.00 bits per heavy atom. The number of hydrogen-bond acceptors (Lipinski definition) is 3. The average Bonchev–Trinajstić information content (AvgIpc) is 2.30. The minimum Gasteiger partial charge on any atom is -0.444 e. The molecular weight excluding hydrogens is 278 g/mol. The highest BCUT2D eigenvalue weighted by atomic mass is 19.3. The van der Waals surface area contributed by atoms with Gasteiger partial charge < -0.3 is 10.5 Å². The van der Waals surface area contributed by atoms with Crippen LogP contribution in [0.1, 0.15) is 37.8 Å². The van der Waals surface area contributed by atoms with Gasteiger partial charge in [-0.25, -0.2) is 13.6 Å². The van der Waals surface area contributed by atoms with E-state index < -0.39 is 24.0 Å². The van der Waals surface area contributed by atoms with Gasteiger partial charge in [-0.2, -0.15) is 0 Å². The summed E-state index contributed by atoms with van der Waals surface area (Å²) in [5.41, 5.74) is 6.44. The fourth-order valence-corrected chi connectivity index (χ4v) is 1.86. The van der Waals surface area contributed by atoms with E-state index in [9.17, 15) is 13.6 Å². The Kier molecular flexibility index (Phi) is 5.66. The molecule has 0 aliphatic heterocycles. The van der Waals surface area contributed by atoms with E-state index in [0.29, 0.717) is 16.8 Å². The monoisotopic (exact) mass is 300 g/mol. The number of aryl methyl sites for hydroxylation is 1. The van der Waals surface area contributed by atoms with Gasteiger partial charge in [0.2, 0.25) is 6.43 Å². The molecule has 1 amide bonds. The van der Waals surface area contributed by atoms with E-state index >= 15 is 0 Å². The number of benzene rings is 1. The summed E-state index contributed by atoms with van der Waals surface area (Å²) in [5, 5.41) is 2.60. The maximum Gasteiger partial charge on any atom is 0.412 e. The molecule has 0 spiro atoms. The topological polar surface area (TPSA) is 64.3 Å². The number of ether oxygens (including phenoxy) is 1. The molecule has 1 unspecified atom stereocenters. The van der Waals surface area contributed by atoms with E-state index in [2.05, 4.69) is 5.32 Å². The molecule has 0 bridgehead atoms. The van der Waals surface area contributed by atoms with Crippen molar-refractivity contribution < 1.29 is 18.3 Å². The Bertz CT molecular complexity index is 499. The first-order chi connectivity index (χ1) is 9.64. The van der Waals surface area contributed by atoms with Crippen LogP contribution < -0.4 is 11.1 Å². The summed E-state index contributed by atoms with van der Waals surface area (Å²) < 4.78 is 30.8. The first-order valence-electron chi connectivity index (χ1n) is 6.73. The van der Waals surface area contributed by atoms with Crippen LogP contribution in [0.15, 0.2) is 18.2 Å². The van der Waals surface area contributed by atoms with Crippen LogP contribution in [0, 0.1) is 6.92 Å². The van der Waals surface area contributed by atoms with Crippen molar-refractivity contribution in [3.05, 3.63) is 29.3 Å². The van der Waals surface area contributed by atoms with Gasteiger partial charge in [-0.05, 0) is 44.9 Å². The van der Waals surface area contributed by atoms with E-state index in [1.807, 2.05) is 0 Å². The van der Waals surface area contributed by atoms with Gasteiger partial charge in [0.25, 0.3) is 0 Å². The molecule has 21 heavy (non-hydrogen) atoms. The maximum atomic E-state index is 12.8. The zero-order chi connectivity index (χ0) is 16.2. The van der Waals surface area contributed by atoms with Gasteiger partial charge in [-0.3, -0.25) is 5.32 Å². The number of anilines is 1. The molecule has 3 N–H and O–H groups in total. The Hall–Kier alpha value is -1.69. The zero-order valence-electron chi connectivity index (χ0n) is 12.7. The van der Waals surface area contributed by atoms with Gasteiger partial charge in [0.15, 0.2) is 0 Å². The van der Waals surface area contributed by atoms with Gasteiger partial charge in [0.05, 0.1) is 5.92 Å². The number of carbonyl (C=O) groups excluding carboxylic acids is 1. The van der Waals surface area contributed by atoms with Crippen LogP contribution in [0.3, 0.4) is 0 Å². The molecule has 1 aromatic rings. The highest BCUT2D eigenvalue weighted by Crippen LogP contribution is 2.26. The van der Waals surface area contributed by atoms with Gasteiger partial charge in [-0.15, -0.1) is 0 Å². The van der Waals surface area contributed by atoms with Crippen LogP contribution in [0.4, 0.5) is 19.3 Å². The molecule has 6 heteroatoms. The number of rotatable bonds is 4. The zero-order valence-corrected chi connectivity index (χ0v) is 12.7. The smallest absolute Gasteiger partial charge is 0.412 e. The largest absolute Gasteiger partial charge is 0.444 e. The molecule has 118 valence electrons. The third kappa shape index (κ3) is 5.30. The van der Waals surface area contributed by atoms with E-state index in [1.165, 1.54) is 0 Å². The molecule has 1 aromatic carbocycles. The summed E-state index contributed by atoms with van der Waals surface area (Å²) in [7, 11) is 0. The molecule has 0 aliphatic rings. The van der Waals surface area contributed by atoms with Gasteiger partial charge in [0, 0.05) is 12.2 Å². The standard InChI is InChI=1S/C15H22F2N2O2/c1-9-7-10(11(8-18)13(16)17)5-6-12(9)19-14(20)21-15(2,3)4/h5-7,11,13H,8,18H2,1-4H3,(H,19,20). The van der Waals surface area contributed by atoms with Crippen LogP contribution in [-0.2, 0) is 4.74 Å². The second kappa shape index (κ2) is 6.85. The highest BCUT2D eigenvalue weighted by Gasteiger charge is 2.22. The first-order valence-corrected chi connectivity index (χ1v) is 6.73. The maximum absolute atomic E-state index is 12.8. The van der Waals surface area contributed by atoms with Crippen molar-refractivity contribution in [1.29, 1.82) is 0 Å². The predicted molar refractivity (Wildman–Crippen MR) is 78.8 cm³/mol. The molecule has 0 fully saturated rings. The van der Waals surface area contributed by atoms with Crippen molar-refractivity contribution in [1.82, 2.24) is 0 Å². The fraction of sp³-hybridized carbons (Fsp3) is 0.533. The summed E-state index contributed by atoms with van der Waals surface area (Å²) >= 11 is 0. The summed E-state index contributed by atoms with van der Waals surface area (Å²) in [6.07, 6.45) is -3.10. The number of alkyl halides is 2. The van der Waals surface area contributed by atoms with Crippen molar-refractivity contribution in [2.75, 3.05) is 11.9 Å². The fourth-order valence-electron chi connectivity index (χ4n) is 1.86. The summed E-state index contributed by atoms with van der Waals surface area (Å²) in [6, 6.07) is 4.74. The summed E-state index contributed by atoms with van der Waals surface area (Å²) in [6.45, 7) is 6.89. The van der Waals surface area contributed by atoms with Crippen LogP contribution >= 0.6 is 0 Å². The molecule has 0 aliphatic carbocycles. The van der Waals surface area contributed by atoms with Crippen LogP contribution in [0.2, 0.25) is 0 Å². The molecule has 0 radical (unpaired) electrons. The number of carbonyl (C=O) groups is 1. The third-order valence-corrected chi connectivity index (χ3v) is 2.87. The Morgan fingerprint density at radius 1 is 1.38 bits per heavy atom. The van der Waals surface area contributed by atoms with Crippen molar-refractivity contribution >= 4 is 11.8 Å². The van der Waals surface area contributed by atoms with Crippen LogP contribution in [0.5, 0.6) is 0 Å². The average molecular weight is 300 g/mol. The van der Waals surface area contributed by atoms with Gasteiger partial charge in [0.1, 0.15) is 5.60 Å². The molecule has 1 atom stereocenters. The number of nitrogens with two attached hydrogens (primary N) is 1. The van der Waals surface area contributed by atoms with E-state index in [-0.39, 0.29) is 6.54 Å². The highest BCUT2D eigenvalue weighted by molar-refractivity contribution is 5.85. The van der Waals surface area contributed by atoms with Crippen LogP contribution in [-0.4, -0.2) is 24.7 Å². The van der Waals surface area contributed by atoms with E-state index in [0.717, 1.165) is 0 Å². The SMILES string of the molecule is Cc1cc(C(CN)C(F)F)ccc1NC(=O)OC(C)(C)C. The Labute approximate surface area is 123 Å². The van der Waals surface area contributed by atoms with E-state index in [1.54, 1.807) is 45.9 Å².